The van der Waals surface area contributed by atoms with E-state index in [4.69, 9.17) is 19.9 Å². The number of esters is 1. The van der Waals surface area contributed by atoms with Crippen LogP contribution in [0.2, 0.25) is 0 Å². The number of rotatable bonds is 6. The summed E-state index contributed by atoms with van der Waals surface area (Å²) < 4.78 is 16.8. The molecule has 1 atom stereocenters. The van der Waals surface area contributed by atoms with Gasteiger partial charge in [0.05, 0.1) is 5.92 Å². The SMILES string of the molecule is CC(C)c1ccc(OCC(=O)Oc2ccc3c(c2)OC(N)=C(C#N)C3c2ccc(C(C)(C)C)cc2)cc1. The molecule has 6 heteroatoms. The molecule has 0 bridgehead atoms. The third kappa shape index (κ3) is 5.78. The second-order valence-corrected chi connectivity index (χ2v) is 10.5. The lowest BCUT2D eigenvalue weighted by molar-refractivity contribution is -0.136. The Hall–Kier alpha value is -4.24. The van der Waals surface area contributed by atoms with Crippen molar-refractivity contribution in [3.05, 3.63) is 100 Å². The van der Waals surface area contributed by atoms with Crippen molar-refractivity contribution in [3.63, 3.8) is 0 Å². The standard InChI is InChI=1S/C31H32N2O4/c1-19(2)20-8-12-23(13-9-20)35-18-28(34)36-24-14-15-25-27(16-24)37-30(33)26(17-32)29(25)21-6-10-22(11-7-21)31(3,4)5/h6-16,19,29H,18,33H2,1-5H3. The summed E-state index contributed by atoms with van der Waals surface area (Å²) in [5.74, 6) is 0.869. The molecule has 37 heavy (non-hydrogen) atoms. The highest BCUT2D eigenvalue weighted by molar-refractivity contribution is 5.74. The summed E-state index contributed by atoms with van der Waals surface area (Å²) in [5.41, 5.74) is 10.6. The number of fused-ring (bicyclic) bond motifs is 1. The minimum atomic E-state index is -0.542. The van der Waals surface area contributed by atoms with Crippen LogP contribution in [0.4, 0.5) is 0 Å². The van der Waals surface area contributed by atoms with E-state index >= 15 is 0 Å². The smallest absolute Gasteiger partial charge is 0.349 e. The Morgan fingerprint density at radius 2 is 1.68 bits per heavy atom. The molecule has 0 saturated carbocycles. The quantitative estimate of drug-likeness (QED) is 0.317. The van der Waals surface area contributed by atoms with Crippen molar-refractivity contribution in [2.24, 2.45) is 5.73 Å². The lowest BCUT2D eigenvalue weighted by atomic mass is 9.81. The normalized spacial score (nSPS) is 15.0. The Morgan fingerprint density at radius 3 is 2.27 bits per heavy atom. The highest BCUT2D eigenvalue weighted by Crippen LogP contribution is 2.43. The fourth-order valence-electron chi connectivity index (χ4n) is 4.27. The molecule has 6 nitrogen and oxygen atoms in total. The van der Waals surface area contributed by atoms with E-state index in [-0.39, 0.29) is 23.8 Å². The van der Waals surface area contributed by atoms with E-state index in [9.17, 15) is 10.1 Å². The monoisotopic (exact) mass is 496 g/mol. The topological polar surface area (TPSA) is 94.6 Å². The molecule has 1 aliphatic heterocycles. The van der Waals surface area contributed by atoms with Gasteiger partial charge in [0.2, 0.25) is 5.88 Å². The van der Waals surface area contributed by atoms with Gasteiger partial charge in [-0.1, -0.05) is 77.1 Å². The van der Waals surface area contributed by atoms with Crippen LogP contribution in [0.1, 0.15) is 68.7 Å². The van der Waals surface area contributed by atoms with E-state index in [1.807, 2.05) is 36.4 Å². The van der Waals surface area contributed by atoms with Crippen molar-refractivity contribution in [1.29, 1.82) is 5.26 Å². The number of allylic oxidation sites excluding steroid dienone is 1. The van der Waals surface area contributed by atoms with E-state index in [2.05, 4.69) is 52.8 Å². The number of nitrogens with two attached hydrogens (primary N) is 1. The van der Waals surface area contributed by atoms with Crippen molar-refractivity contribution < 1.29 is 19.0 Å². The average molecular weight is 497 g/mol. The Bertz CT molecular complexity index is 1360. The second-order valence-electron chi connectivity index (χ2n) is 10.5. The molecule has 190 valence electrons. The van der Waals surface area contributed by atoms with Crippen LogP contribution < -0.4 is 19.9 Å². The Balaban J connectivity index is 1.51. The Morgan fingerprint density at radius 1 is 1.03 bits per heavy atom. The molecule has 2 N–H and O–H groups in total. The minimum Gasteiger partial charge on any atom is -0.482 e. The highest BCUT2D eigenvalue weighted by atomic mass is 16.6. The van der Waals surface area contributed by atoms with Crippen LogP contribution in [-0.4, -0.2) is 12.6 Å². The summed E-state index contributed by atoms with van der Waals surface area (Å²) >= 11 is 0. The van der Waals surface area contributed by atoms with E-state index in [1.165, 1.54) is 11.1 Å². The van der Waals surface area contributed by atoms with Crippen molar-refractivity contribution in [1.82, 2.24) is 0 Å². The van der Waals surface area contributed by atoms with Crippen LogP contribution in [0.15, 0.2) is 78.2 Å². The fourth-order valence-corrected chi connectivity index (χ4v) is 4.27. The lowest BCUT2D eigenvalue weighted by Crippen LogP contribution is -2.22. The number of hydrogen-bond donors (Lipinski definition) is 1. The molecule has 1 heterocycles. The molecule has 1 unspecified atom stereocenters. The highest BCUT2D eigenvalue weighted by Gasteiger charge is 2.31. The van der Waals surface area contributed by atoms with E-state index in [1.54, 1.807) is 18.2 Å². The van der Waals surface area contributed by atoms with E-state index in [0.29, 0.717) is 28.7 Å². The Kier molecular flexibility index (Phi) is 7.26. The third-order valence-electron chi connectivity index (χ3n) is 6.44. The number of benzene rings is 3. The zero-order valence-corrected chi connectivity index (χ0v) is 21.9. The van der Waals surface area contributed by atoms with Crippen LogP contribution in [0.3, 0.4) is 0 Å². The molecule has 0 amide bonds. The molecule has 3 aromatic carbocycles. The van der Waals surface area contributed by atoms with Crippen LogP contribution in [0.25, 0.3) is 0 Å². The number of nitrogens with zero attached hydrogens (tertiary/aromatic N) is 1. The lowest BCUT2D eigenvalue weighted by Gasteiger charge is -2.27. The third-order valence-corrected chi connectivity index (χ3v) is 6.44. The molecular weight excluding hydrogens is 464 g/mol. The van der Waals surface area contributed by atoms with Crippen molar-refractivity contribution in [2.45, 2.75) is 51.9 Å². The second kappa shape index (κ2) is 10.4. The van der Waals surface area contributed by atoms with Crippen molar-refractivity contribution in [3.8, 4) is 23.3 Å². The van der Waals surface area contributed by atoms with Gasteiger partial charge in [-0.15, -0.1) is 0 Å². The first kappa shape index (κ1) is 25.8. The summed E-state index contributed by atoms with van der Waals surface area (Å²) in [6.45, 7) is 10.5. The van der Waals surface area contributed by atoms with Gasteiger partial charge in [0.15, 0.2) is 6.61 Å². The maximum atomic E-state index is 12.4. The summed E-state index contributed by atoms with van der Waals surface area (Å²) in [6, 6.07) is 23.1. The summed E-state index contributed by atoms with van der Waals surface area (Å²) in [7, 11) is 0. The van der Waals surface area contributed by atoms with Gasteiger partial charge in [0.1, 0.15) is 28.9 Å². The molecule has 4 rings (SSSR count). The molecular formula is C31H32N2O4. The van der Waals surface area contributed by atoms with Gasteiger partial charge in [-0.05, 0) is 46.2 Å². The largest absolute Gasteiger partial charge is 0.482 e. The summed E-state index contributed by atoms with van der Waals surface area (Å²) in [5, 5.41) is 9.82. The average Bonchev–Trinajstić information content (AvgIpc) is 2.86. The first-order valence-corrected chi connectivity index (χ1v) is 12.3. The minimum absolute atomic E-state index is 0.0130. The molecule has 0 aliphatic carbocycles. The zero-order chi connectivity index (χ0) is 26.7. The van der Waals surface area contributed by atoms with Gasteiger partial charge < -0.3 is 19.9 Å². The van der Waals surface area contributed by atoms with Crippen LogP contribution in [0, 0.1) is 11.3 Å². The molecule has 3 aromatic rings. The summed E-state index contributed by atoms with van der Waals surface area (Å²) in [6.07, 6.45) is 0. The van der Waals surface area contributed by atoms with Crippen LogP contribution in [0.5, 0.6) is 17.2 Å². The van der Waals surface area contributed by atoms with E-state index < -0.39 is 5.97 Å². The molecule has 1 aliphatic rings. The Labute approximate surface area is 218 Å². The van der Waals surface area contributed by atoms with E-state index in [0.717, 1.165) is 11.1 Å². The van der Waals surface area contributed by atoms with Gasteiger partial charge in [-0.2, -0.15) is 5.26 Å². The molecule has 0 spiro atoms. The van der Waals surface area contributed by atoms with Crippen LogP contribution in [-0.2, 0) is 10.2 Å². The number of carbonyl (C=O) groups is 1. The molecule has 0 radical (unpaired) electrons. The van der Waals surface area contributed by atoms with Gasteiger partial charge in [-0.3, -0.25) is 0 Å². The van der Waals surface area contributed by atoms with Gasteiger partial charge in [-0.25, -0.2) is 4.79 Å². The fraction of sp³-hybridized carbons (Fsp3) is 0.290. The molecule has 0 aromatic heterocycles. The number of carbonyl (C=O) groups excluding carboxylic acids is 1. The number of nitriles is 1. The van der Waals surface area contributed by atoms with Gasteiger partial charge in [0, 0.05) is 11.6 Å². The maximum Gasteiger partial charge on any atom is 0.349 e. The predicted molar refractivity (Wildman–Crippen MR) is 143 cm³/mol. The van der Waals surface area contributed by atoms with Gasteiger partial charge >= 0.3 is 5.97 Å². The van der Waals surface area contributed by atoms with Gasteiger partial charge in [0.25, 0.3) is 0 Å². The first-order chi connectivity index (χ1) is 17.6. The summed E-state index contributed by atoms with van der Waals surface area (Å²) in [4.78, 5) is 12.4. The van der Waals surface area contributed by atoms with Crippen LogP contribution >= 0.6 is 0 Å². The maximum absolute atomic E-state index is 12.4. The van der Waals surface area contributed by atoms with Crippen molar-refractivity contribution >= 4 is 5.97 Å². The van der Waals surface area contributed by atoms with Crippen molar-refractivity contribution in [2.75, 3.05) is 6.61 Å². The predicted octanol–water partition coefficient (Wildman–Crippen LogP) is 6.31. The zero-order valence-electron chi connectivity index (χ0n) is 21.9. The number of hydrogen-bond acceptors (Lipinski definition) is 6. The molecule has 0 fully saturated rings. The molecule has 0 saturated heterocycles. The first-order valence-electron chi connectivity index (χ1n) is 12.3. The number of ether oxygens (including phenoxy) is 3.